The topological polar surface area (TPSA) is 83.5 Å². The van der Waals surface area contributed by atoms with Gasteiger partial charge >= 0.3 is 30.8 Å². The predicted molar refractivity (Wildman–Crippen MR) is 21.8 cm³/mol. The van der Waals surface area contributed by atoms with Crippen molar-refractivity contribution in [1.29, 1.82) is 0 Å². The maximum absolute atomic E-state index is 9.85. The third-order valence-corrected chi connectivity index (χ3v) is 0.403. The van der Waals surface area contributed by atoms with Gasteiger partial charge in [0.2, 0.25) is 0 Å². The molecular weight excluding hydrogens is 135 g/mol. The van der Waals surface area contributed by atoms with Crippen LogP contribution in [0.5, 0.6) is 0 Å². The maximum Gasteiger partial charge on any atom is 1.00 e. The van der Waals surface area contributed by atoms with Gasteiger partial charge in [0.05, 0.1) is 0 Å². The van der Waals surface area contributed by atoms with Gasteiger partial charge in [-0.2, -0.15) is 0 Å². The van der Waals surface area contributed by atoms with E-state index in [2.05, 4.69) is 4.74 Å². The first-order chi connectivity index (χ1) is 4.04. The molecule has 50 valence electrons. The van der Waals surface area contributed by atoms with Crippen molar-refractivity contribution in [2.45, 2.75) is 6.92 Å². The number of aliphatic carboxylic acids is 1. The van der Waals surface area contributed by atoms with Gasteiger partial charge in [-0.15, -0.1) is 0 Å². The van der Waals surface area contributed by atoms with Crippen LogP contribution in [0.4, 0.5) is 0 Å². The van der Waals surface area contributed by atoms with Crippen LogP contribution in [0.2, 0.25) is 0 Å². The number of carboxylic acids is 1. The van der Waals surface area contributed by atoms with E-state index in [1.54, 1.807) is 0 Å². The van der Waals surface area contributed by atoms with E-state index in [1.807, 2.05) is 0 Å². The minimum absolute atomic E-state index is 0. The summed E-state index contributed by atoms with van der Waals surface area (Å²) < 4.78 is 3.57. The maximum atomic E-state index is 9.85. The summed E-state index contributed by atoms with van der Waals surface area (Å²) in [5.41, 5.74) is 0. The van der Waals surface area contributed by atoms with Gasteiger partial charge in [-0.25, -0.2) is 4.79 Å². The first kappa shape index (κ1) is 11.9. The third kappa shape index (κ3) is 5.35. The predicted octanol–water partition coefficient (Wildman–Crippen LogP) is -5.17. The normalized spacial score (nSPS) is 7.30. The fourth-order valence-electron chi connectivity index (χ4n) is 0.172. The number of carboxylic acid groups (broad SMARTS) is 1. The fourth-order valence-corrected chi connectivity index (χ4v) is 0.172. The van der Waals surface area contributed by atoms with Crippen molar-refractivity contribution in [1.82, 2.24) is 0 Å². The van der Waals surface area contributed by atoms with Crippen LogP contribution in [-0.4, -0.2) is 17.9 Å². The van der Waals surface area contributed by atoms with Crippen molar-refractivity contribution in [2.24, 2.45) is 0 Å². The molecule has 10 heavy (non-hydrogen) atoms. The van der Waals surface area contributed by atoms with Crippen molar-refractivity contribution in [3.63, 3.8) is 0 Å². The minimum atomic E-state index is -2.02. The fraction of sp³-hybridized carbons (Fsp3) is 0.250. The van der Waals surface area contributed by atoms with E-state index in [0.717, 1.165) is 6.92 Å². The van der Waals surface area contributed by atoms with Crippen LogP contribution in [0.15, 0.2) is 0 Å². The zero-order valence-corrected chi connectivity index (χ0v) is 5.54. The molecule has 0 aromatic carbocycles. The minimum Gasteiger partial charge on any atom is -0.539 e. The molecule has 0 spiro atoms. The number of carbonyl (C=O) groups excluding carboxylic acids is 3. The molecule has 0 saturated heterocycles. The van der Waals surface area contributed by atoms with Crippen molar-refractivity contribution in [3.05, 3.63) is 0 Å². The van der Waals surface area contributed by atoms with Crippen molar-refractivity contribution in [2.75, 3.05) is 0 Å². The molecule has 0 unspecified atom stereocenters. The van der Waals surface area contributed by atoms with Crippen LogP contribution < -0.4 is 24.0 Å². The van der Waals surface area contributed by atoms with E-state index in [-0.39, 0.29) is 18.9 Å². The zero-order chi connectivity index (χ0) is 7.44. The van der Waals surface area contributed by atoms with E-state index in [9.17, 15) is 19.5 Å². The summed E-state index contributed by atoms with van der Waals surface area (Å²) in [6, 6.07) is 0. The number of esters is 2. The Balaban J connectivity index is 0. The molecule has 0 atom stereocenters. The van der Waals surface area contributed by atoms with Gasteiger partial charge in [0.15, 0.2) is 5.97 Å². The van der Waals surface area contributed by atoms with Crippen LogP contribution in [0, 0.1) is 0 Å². The van der Waals surface area contributed by atoms with Gasteiger partial charge < -0.3 is 14.6 Å². The van der Waals surface area contributed by atoms with E-state index in [4.69, 9.17) is 0 Å². The second-order valence-corrected chi connectivity index (χ2v) is 1.17. The first-order valence-electron chi connectivity index (χ1n) is 1.97. The monoisotopic (exact) mass is 138 g/mol. The summed E-state index contributed by atoms with van der Waals surface area (Å²) in [7, 11) is 0. The molecule has 0 bridgehead atoms. The van der Waals surface area contributed by atoms with Gasteiger partial charge in [-0.1, -0.05) is 0 Å². The quantitative estimate of drug-likeness (QED) is 0.144. The van der Waals surface area contributed by atoms with Crippen molar-refractivity contribution < 1.29 is 43.1 Å². The standard InChI is InChI=1S/C4H4O5.Li/c1-2(5)9-4(8)3(6)7;/h1H3,(H,6,7);/q;+1/p-1. The SMILES string of the molecule is CC(=O)OC(=O)C(=O)[O-].[Li+]. The number of hydrogen-bond acceptors (Lipinski definition) is 5. The Morgan fingerprint density at radius 1 is 1.30 bits per heavy atom. The smallest absolute Gasteiger partial charge is 0.539 e. The number of rotatable bonds is 0. The molecule has 0 aliphatic carbocycles. The Labute approximate surface area is 68.5 Å². The molecule has 0 aliphatic rings. The Bertz CT molecular complexity index is 163. The molecule has 0 N–H and O–H groups in total. The summed E-state index contributed by atoms with van der Waals surface area (Å²) in [5.74, 6) is -4.66. The number of carbonyl (C=O) groups is 3. The van der Waals surface area contributed by atoms with E-state index in [0.29, 0.717) is 0 Å². The van der Waals surface area contributed by atoms with Crippen LogP contribution in [0.1, 0.15) is 6.92 Å². The summed E-state index contributed by atoms with van der Waals surface area (Å²) in [5, 5.41) is 9.50. The van der Waals surface area contributed by atoms with E-state index < -0.39 is 17.9 Å². The summed E-state index contributed by atoms with van der Waals surface area (Å²) in [4.78, 5) is 29.2. The van der Waals surface area contributed by atoms with Crippen LogP contribution in [0.3, 0.4) is 0 Å². The van der Waals surface area contributed by atoms with Gasteiger partial charge in [-0.3, -0.25) is 4.79 Å². The molecule has 0 radical (unpaired) electrons. The molecule has 0 fully saturated rings. The summed E-state index contributed by atoms with van der Waals surface area (Å²) in [6.45, 7) is 0.918. The second-order valence-electron chi connectivity index (χ2n) is 1.17. The Morgan fingerprint density at radius 3 is 1.80 bits per heavy atom. The molecule has 0 rings (SSSR count). The van der Waals surface area contributed by atoms with Crippen molar-refractivity contribution >= 4 is 17.9 Å². The van der Waals surface area contributed by atoms with Gasteiger partial charge in [0, 0.05) is 6.92 Å². The second kappa shape index (κ2) is 5.03. The Morgan fingerprint density at radius 2 is 1.70 bits per heavy atom. The summed E-state index contributed by atoms with van der Waals surface area (Å²) in [6.07, 6.45) is 0. The molecule has 0 aromatic rings. The molecule has 0 amide bonds. The first-order valence-corrected chi connectivity index (χ1v) is 1.97. The van der Waals surface area contributed by atoms with Crippen LogP contribution >= 0.6 is 0 Å². The van der Waals surface area contributed by atoms with Crippen molar-refractivity contribution in [3.8, 4) is 0 Å². The molecule has 0 heterocycles. The van der Waals surface area contributed by atoms with Crippen LogP contribution in [-0.2, 0) is 19.1 Å². The molecule has 0 aliphatic heterocycles. The largest absolute Gasteiger partial charge is 1.00 e. The molecule has 0 saturated carbocycles. The van der Waals surface area contributed by atoms with Crippen LogP contribution in [0.25, 0.3) is 0 Å². The molecule has 6 heteroatoms. The molecule has 5 nitrogen and oxygen atoms in total. The number of hydrogen-bond donors (Lipinski definition) is 0. The average Bonchev–Trinajstić information content (AvgIpc) is 1.63. The molecule has 0 aromatic heterocycles. The van der Waals surface area contributed by atoms with Gasteiger partial charge in [0.25, 0.3) is 0 Å². The summed E-state index contributed by atoms with van der Waals surface area (Å²) >= 11 is 0. The third-order valence-electron chi connectivity index (χ3n) is 0.403. The molecular formula is C4H3LiO5. The van der Waals surface area contributed by atoms with E-state index >= 15 is 0 Å². The Hall–Kier alpha value is -0.793. The van der Waals surface area contributed by atoms with Gasteiger partial charge in [-0.05, 0) is 0 Å². The average molecular weight is 138 g/mol. The number of ether oxygens (including phenoxy) is 1. The zero-order valence-electron chi connectivity index (χ0n) is 5.54. The van der Waals surface area contributed by atoms with E-state index in [1.165, 1.54) is 0 Å². The Kier molecular flexibility index (Phi) is 6.00. The van der Waals surface area contributed by atoms with Gasteiger partial charge in [0.1, 0.15) is 0 Å².